The third kappa shape index (κ3) is 6.22. The number of nitriles is 1. The minimum absolute atomic E-state index is 0.0312. The van der Waals surface area contributed by atoms with E-state index < -0.39 is 18.2 Å². The van der Waals surface area contributed by atoms with Gasteiger partial charge in [0.25, 0.3) is 0 Å². The first-order valence-corrected chi connectivity index (χ1v) is 15.7. The highest BCUT2D eigenvalue weighted by atomic mass is 35.5. The molecule has 0 unspecified atom stereocenters. The number of aromatic nitrogens is 2. The number of pyridine rings is 1. The lowest BCUT2D eigenvalue weighted by atomic mass is 10.0. The molecule has 2 atom stereocenters. The Hall–Kier alpha value is -4.68. The van der Waals surface area contributed by atoms with Crippen molar-refractivity contribution in [1.82, 2.24) is 35.1 Å². The van der Waals surface area contributed by atoms with E-state index in [-0.39, 0.29) is 56.7 Å². The molecule has 236 valence electrons. The number of amides is 4. The highest BCUT2D eigenvalue weighted by molar-refractivity contribution is 7.22. The Balaban J connectivity index is 1.31. The molecule has 2 aliphatic rings. The fraction of sp³-hybridized carbons (Fsp3) is 0.267. The second kappa shape index (κ2) is 13.0. The van der Waals surface area contributed by atoms with Crippen LogP contribution in [0.2, 0.25) is 10.0 Å². The fourth-order valence-electron chi connectivity index (χ4n) is 5.75. The van der Waals surface area contributed by atoms with Gasteiger partial charge in [-0.3, -0.25) is 14.6 Å². The number of benzene rings is 2. The van der Waals surface area contributed by atoms with Gasteiger partial charge in [0.15, 0.2) is 5.13 Å². The van der Waals surface area contributed by atoms with Crippen LogP contribution < -0.4 is 11.1 Å². The van der Waals surface area contributed by atoms with Crippen molar-refractivity contribution < 1.29 is 19.5 Å². The number of nitrogens with two attached hydrogens (primary N) is 1. The number of urea groups is 1. The lowest BCUT2D eigenvalue weighted by Crippen LogP contribution is -2.66. The largest absolute Gasteiger partial charge is 0.506 e. The molecule has 4 amide bonds. The average Bonchev–Trinajstić information content (AvgIpc) is 3.58. The molecule has 0 aliphatic carbocycles. The monoisotopic (exact) mass is 679 g/mol. The SMILES string of the molecule is N#CCN(C(=O)NCc1ccc(Cl)c(Cl)c1)N1CC(=O)N2[C@@H](Cc3ccc(O)cn3)C(=O)N(Cc3cccc4sc(N)nc34)C[C@@H]21. The van der Waals surface area contributed by atoms with Crippen LogP contribution in [0.25, 0.3) is 10.2 Å². The Bertz CT molecular complexity index is 1870. The number of aromatic hydroxyl groups is 1. The maximum Gasteiger partial charge on any atom is 0.333 e. The van der Waals surface area contributed by atoms with Gasteiger partial charge in [-0.25, -0.2) is 14.8 Å². The van der Waals surface area contributed by atoms with E-state index in [0.717, 1.165) is 10.3 Å². The van der Waals surface area contributed by atoms with E-state index in [1.165, 1.54) is 38.5 Å². The molecule has 0 saturated carbocycles. The lowest BCUT2D eigenvalue weighted by Gasteiger charge is -2.46. The molecule has 4 heterocycles. The Morgan fingerprint density at radius 2 is 2.02 bits per heavy atom. The molecule has 4 N–H and O–H groups in total. The van der Waals surface area contributed by atoms with Gasteiger partial charge in [0.05, 0.1) is 45.6 Å². The zero-order valence-electron chi connectivity index (χ0n) is 24.1. The van der Waals surface area contributed by atoms with Gasteiger partial charge >= 0.3 is 6.03 Å². The minimum atomic E-state index is -0.962. The molecular weight excluding hydrogens is 653 g/mol. The smallest absolute Gasteiger partial charge is 0.333 e. The van der Waals surface area contributed by atoms with Crippen LogP contribution in [-0.2, 0) is 29.1 Å². The Labute approximate surface area is 277 Å². The number of thiazole rings is 1. The molecule has 2 aromatic carbocycles. The first kappa shape index (κ1) is 31.3. The molecule has 0 bridgehead atoms. The van der Waals surface area contributed by atoms with Crippen LogP contribution in [0.3, 0.4) is 0 Å². The second-order valence-corrected chi connectivity index (χ2v) is 12.6. The zero-order valence-corrected chi connectivity index (χ0v) is 26.5. The summed E-state index contributed by atoms with van der Waals surface area (Å²) < 4.78 is 0.877. The first-order valence-electron chi connectivity index (χ1n) is 14.1. The lowest BCUT2D eigenvalue weighted by molar-refractivity contribution is -0.157. The number of anilines is 1. The van der Waals surface area contributed by atoms with Crippen molar-refractivity contribution in [1.29, 1.82) is 5.26 Å². The van der Waals surface area contributed by atoms with Gasteiger partial charge in [0.2, 0.25) is 11.8 Å². The molecule has 0 spiro atoms. The Kier molecular flexibility index (Phi) is 8.83. The van der Waals surface area contributed by atoms with Gasteiger partial charge in [-0.05, 0) is 41.5 Å². The van der Waals surface area contributed by atoms with Crippen LogP contribution in [0.15, 0.2) is 54.7 Å². The Morgan fingerprint density at radius 3 is 2.76 bits per heavy atom. The summed E-state index contributed by atoms with van der Waals surface area (Å²) in [6.07, 6.45) is 0.577. The number of halogens is 2. The van der Waals surface area contributed by atoms with E-state index in [2.05, 4.69) is 15.3 Å². The number of carbonyl (C=O) groups excluding carboxylic acids is 3. The highest BCUT2D eigenvalue weighted by Crippen LogP contribution is 2.32. The predicted molar refractivity (Wildman–Crippen MR) is 171 cm³/mol. The summed E-state index contributed by atoms with van der Waals surface area (Å²) in [7, 11) is 0. The van der Waals surface area contributed by atoms with Crippen molar-refractivity contribution in [3.05, 3.63) is 81.6 Å². The predicted octanol–water partition coefficient (Wildman–Crippen LogP) is 3.36. The molecule has 46 heavy (non-hydrogen) atoms. The average molecular weight is 681 g/mol. The molecule has 4 aromatic rings. The van der Waals surface area contributed by atoms with Crippen molar-refractivity contribution in [2.45, 2.75) is 31.7 Å². The Morgan fingerprint density at radius 1 is 1.20 bits per heavy atom. The third-order valence-corrected chi connectivity index (χ3v) is 9.44. The van der Waals surface area contributed by atoms with Crippen molar-refractivity contribution in [3.8, 4) is 11.8 Å². The van der Waals surface area contributed by atoms with Gasteiger partial charge < -0.3 is 26.0 Å². The molecule has 16 heteroatoms. The van der Waals surface area contributed by atoms with Crippen LogP contribution >= 0.6 is 34.5 Å². The van der Waals surface area contributed by atoms with Crippen LogP contribution in [0.1, 0.15) is 16.8 Å². The van der Waals surface area contributed by atoms with E-state index in [0.29, 0.717) is 32.0 Å². The number of nitrogens with zero attached hydrogens (tertiary/aromatic N) is 7. The fourth-order valence-corrected chi connectivity index (χ4v) is 6.85. The minimum Gasteiger partial charge on any atom is -0.506 e. The summed E-state index contributed by atoms with van der Waals surface area (Å²) in [5, 5.41) is 26.0. The third-order valence-electron chi connectivity index (χ3n) is 7.85. The maximum absolute atomic E-state index is 14.1. The van der Waals surface area contributed by atoms with E-state index in [9.17, 15) is 24.8 Å². The molecule has 2 saturated heterocycles. The van der Waals surface area contributed by atoms with Gasteiger partial charge in [-0.2, -0.15) is 10.3 Å². The van der Waals surface area contributed by atoms with Crippen molar-refractivity contribution in [3.63, 3.8) is 0 Å². The van der Waals surface area contributed by atoms with Crippen LogP contribution in [0.4, 0.5) is 9.93 Å². The molecule has 0 radical (unpaired) electrons. The number of hydrogen-bond acceptors (Lipinski definition) is 10. The summed E-state index contributed by atoms with van der Waals surface area (Å²) in [6, 6.07) is 14.1. The van der Waals surface area contributed by atoms with Crippen molar-refractivity contribution in [2.75, 3.05) is 25.4 Å². The van der Waals surface area contributed by atoms with Gasteiger partial charge in [-0.15, -0.1) is 0 Å². The van der Waals surface area contributed by atoms with Gasteiger partial charge in [0, 0.05) is 25.2 Å². The molecule has 13 nitrogen and oxygen atoms in total. The van der Waals surface area contributed by atoms with Crippen molar-refractivity contribution in [2.24, 2.45) is 0 Å². The van der Waals surface area contributed by atoms with E-state index in [1.54, 1.807) is 29.2 Å². The molecule has 6 rings (SSSR count). The molecular formula is C30H27Cl2N9O4S. The molecule has 2 fully saturated rings. The zero-order chi connectivity index (χ0) is 32.5. The number of hydrazine groups is 1. The summed E-state index contributed by atoms with van der Waals surface area (Å²) >= 11 is 13.5. The maximum atomic E-state index is 14.1. The standard InChI is InChI=1S/C30H27Cl2N9O4S/c31-21-7-4-17(10-22(21)32)12-36-30(45)39(9-8-33)40-16-26(43)41-23(11-19-5-6-20(42)13-35-19)28(44)38(15-25(40)41)14-18-2-1-3-24-27(18)37-29(34)46-24/h1-7,10,13,23,25,42H,9,11-12,14-16H2,(H2,34,37)(H,36,45)/t23-,25+/m0/s1. The van der Waals surface area contributed by atoms with E-state index >= 15 is 0 Å². The van der Waals surface area contributed by atoms with Gasteiger partial charge in [-0.1, -0.05) is 52.7 Å². The number of fused-ring (bicyclic) bond motifs is 2. The van der Waals surface area contributed by atoms with E-state index in [4.69, 9.17) is 28.9 Å². The number of piperazine rings is 1. The van der Waals surface area contributed by atoms with E-state index in [1.807, 2.05) is 24.3 Å². The number of para-hydroxylation sites is 1. The number of rotatable bonds is 8. The van der Waals surface area contributed by atoms with Crippen LogP contribution in [-0.4, -0.2) is 84.6 Å². The van der Waals surface area contributed by atoms with Crippen LogP contribution in [0.5, 0.6) is 5.75 Å². The first-order chi connectivity index (χ1) is 22.1. The van der Waals surface area contributed by atoms with Crippen LogP contribution in [0, 0.1) is 11.3 Å². The number of carbonyl (C=O) groups is 3. The van der Waals surface area contributed by atoms with Crippen molar-refractivity contribution >= 4 is 67.7 Å². The van der Waals surface area contributed by atoms with Gasteiger partial charge in [0.1, 0.15) is 24.5 Å². The summed E-state index contributed by atoms with van der Waals surface area (Å²) in [5.41, 5.74) is 8.62. The quantitative estimate of drug-likeness (QED) is 0.236. The number of nitrogens with one attached hydrogen (secondary N) is 1. The number of hydrogen-bond donors (Lipinski definition) is 3. The highest BCUT2D eigenvalue weighted by Gasteiger charge is 2.52. The summed E-state index contributed by atoms with van der Waals surface area (Å²) in [5.74, 6) is -0.717. The molecule has 2 aliphatic heterocycles. The normalized spacial score (nSPS) is 18.1. The summed E-state index contributed by atoms with van der Waals surface area (Å²) in [6.45, 7) is -0.255. The topological polar surface area (TPSA) is 172 Å². The number of nitrogen functional groups attached to an aromatic ring is 1. The second-order valence-electron chi connectivity index (χ2n) is 10.8. The summed E-state index contributed by atoms with van der Waals surface area (Å²) in [4.78, 5) is 53.0. The molecule has 2 aromatic heterocycles.